The molecular weight excluding hydrogens is 340 g/mol. The number of amides is 3. The monoisotopic (exact) mass is 356 g/mol. The lowest BCUT2D eigenvalue weighted by atomic mass is 10.2. The average Bonchev–Trinajstić information content (AvgIpc) is 3.19. The molecule has 0 bridgehead atoms. The number of urea groups is 1. The Balaban J connectivity index is 1.64. The molecule has 8 heteroatoms. The van der Waals surface area contributed by atoms with Gasteiger partial charge in [-0.05, 0) is 42.6 Å². The highest BCUT2D eigenvalue weighted by atomic mass is 32.1. The first-order valence-corrected chi connectivity index (χ1v) is 8.36. The van der Waals surface area contributed by atoms with E-state index in [-0.39, 0.29) is 12.3 Å². The fraction of sp³-hybridized carbons (Fsp3) is 0.118. The van der Waals surface area contributed by atoms with Gasteiger partial charge in [-0.3, -0.25) is 4.79 Å². The van der Waals surface area contributed by atoms with Crippen LogP contribution in [0, 0.1) is 6.92 Å². The molecular formula is C17H16N4O3S. The summed E-state index contributed by atoms with van der Waals surface area (Å²) in [4.78, 5) is 28.3. The van der Waals surface area contributed by atoms with Crippen LogP contribution in [-0.2, 0) is 11.2 Å². The molecule has 0 unspecified atom stereocenters. The summed E-state index contributed by atoms with van der Waals surface area (Å²) in [5, 5.41) is 7.18. The van der Waals surface area contributed by atoms with E-state index in [0.29, 0.717) is 28.7 Å². The summed E-state index contributed by atoms with van der Waals surface area (Å²) < 4.78 is 5.63. The van der Waals surface area contributed by atoms with E-state index in [4.69, 9.17) is 10.2 Å². The minimum absolute atomic E-state index is 0.113. The topological polar surface area (TPSA) is 110 Å². The standard InChI is InChI=1S/C17H16N4O3S/c1-10-13(21-16(24-10)14-3-2-8-25-14)9-15(22)19-11-4-6-12(7-5-11)20-17(18)23/h2-8H,9H2,1H3,(H,19,22)(H3,18,20,23). The number of oxazole rings is 1. The SMILES string of the molecule is Cc1oc(-c2cccs2)nc1CC(=O)Nc1ccc(NC(N)=O)cc1. The van der Waals surface area contributed by atoms with Crippen LogP contribution < -0.4 is 16.4 Å². The Bertz CT molecular complexity index is 885. The third-order valence-electron chi connectivity index (χ3n) is 3.39. The van der Waals surface area contributed by atoms with Crippen molar-refractivity contribution in [1.82, 2.24) is 4.98 Å². The van der Waals surface area contributed by atoms with E-state index in [9.17, 15) is 9.59 Å². The number of rotatable bonds is 5. The first-order chi connectivity index (χ1) is 12.0. The molecule has 0 saturated carbocycles. The molecule has 0 aliphatic carbocycles. The zero-order valence-corrected chi connectivity index (χ0v) is 14.2. The van der Waals surface area contributed by atoms with E-state index in [1.807, 2.05) is 17.5 Å². The average molecular weight is 356 g/mol. The lowest BCUT2D eigenvalue weighted by Gasteiger charge is -2.06. The van der Waals surface area contributed by atoms with Gasteiger partial charge in [0.05, 0.1) is 17.0 Å². The summed E-state index contributed by atoms with van der Waals surface area (Å²) in [5.74, 6) is 0.946. The molecule has 0 aliphatic heterocycles. The van der Waals surface area contributed by atoms with Crippen LogP contribution in [0.4, 0.5) is 16.2 Å². The van der Waals surface area contributed by atoms with Crippen LogP contribution in [0.25, 0.3) is 10.8 Å². The number of hydrogen-bond acceptors (Lipinski definition) is 5. The number of nitrogens with zero attached hydrogens (tertiary/aromatic N) is 1. The van der Waals surface area contributed by atoms with E-state index < -0.39 is 6.03 Å². The van der Waals surface area contributed by atoms with Crippen molar-refractivity contribution in [1.29, 1.82) is 0 Å². The van der Waals surface area contributed by atoms with Crippen LogP contribution in [0.5, 0.6) is 0 Å². The number of carbonyl (C=O) groups excluding carboxylic acids is 2. The van der Waals surface area contributed by atoms with Gasteiger partial charge < -0.3 is 20.8 Å². The second-order valence-corrected chi connectivity index (χ2v) is 6.24. The van der Waals surface area contributed by atoms with Gasteiger partial charge in [-0.1, -0.05) is 6.07 Å². The summed E-state index contributed by atoms with van der Waals surface area (Å²) in [6.07, 6.45) is 0.113. The third-order valence-corrected chi connectivity index (χ3v) is 4.25. The minimum Gasteiger partial charge on any atom is -0.440 e. The lowest BCUT2D eigenvalue weighted by molar-refractivity contribution is -0.115. The number of carbonyl (C=O) groups is 2. The zero-order chi connectivity index (χ0) is 17.8. The molecule has 0 saturated heterocycles. The molecule has 25 heavy (non-hydrogen) atoms. The van der Waals surface area contributed by atoms with E-state index in [0.717, 1.165) is 4.88 Å². The molecule has 0 fully saturated rings. The summed E-state index contributed by atoms with van der Waals surface area (Å²) in [7, 11) is 0. The Hall–Kier alpha value is -3.13. The molecule has 0 radical (unpaired) electrons. The van der Waals surface area contributed by atoms with E-state index in [2.05, 4.69) is 15.6 Å². The fourth-order valence-electron chi connectivity index (χ4n) is 2.23. The Labute approximate surface area is 147 Å². The molecule has 4 N–H and O–H groups in total. The molecule has 3 aromatic rings. The minimum atomic E-state index is -0.639. The molecule has 0 atom stereocenters. The number of aryl methyl sites for hydroxylation is 1. The van der Waals surface area contributed by atoms with Gasteiger partial charge >= 0.3 is 6.03 Å². The van der Waals surface area contributed by atoms with E-state index >= 15 is 0 Å². The van der Waals surface area contributed by atoms with Crippen LogP contribution in [0.3, 0.4) is 0 Å². The highest BCUT2D eigenvalue weighted by Gasteiger charge is 2.15. The lowest BCUT2D eigenvalue weighted by Crippen LogP contribution is -2.19. The number of aromatic nitrogens is 1. The first kappa shape index (κ1) is 16.7. The molecule has 1 aromatic carbocycles. The molecule has 2 aromatic heterocycles. The van der Waals surface area contributed by atoms with Gasteiger partial charge in [0.1, 0.15) is 5.76 Å². The summed E-state index contributed by atoms with van der Waals surface area (Å²) >= 11 is 1.53. The van der Waals surface area contributed by atoms with Crippen LogP contribution in [0.2, 0.25) is 0 Å². The second kappa shape index (κ2) is 7.18. The maximum absolute atomic E-state index is 12.2. The van der Waals surface area contributed by atoms with Gasteiger partial charge in [-0.25, -0.2) is 9.78 Å². The fourth-order valence-corrected chi connectivity index (χ4v) is 2.88. The van der Waals surface area contributed by atoms with Crippen molar-refractivity contribution in [3.05, 3.63) is 53.2 Å². The highest BCUT2D eigenvalue weighted by Crippen LogP contribution is 2.26. The number of anilines is 2. The number of nitrogens with one attached hydrogen (secondary N) is 2. The molecule has 3 amide bonds. The zero-order valence-electron chi connectivity index (χ0n) is 13.4. The number of hydrogen-bond donors (Lipinski definition) is 3. The summed E-state index contributed by atoms with van der Waals surface area (Å²) in [6.45, 7) is 1.79. The van der Waals surface area contributed by atoms with Gasteiger partial charge in [0, 0.05) is 11.4 Å². The quantitative estimate of drug-likeness (QED) is 0.651. The van der Waals surface area contributed by atoms with Crippen molar-refractivity contribution in [2.45, 2.75) is 13.3 Å². The van der Waals surface area contributed by atoms with Crippen molar-refractivity contribution >= 4 is 34.6 Å². The van der Waals surface area contributed by atoms with Crippen LogP contribution >= 0.6 is 11.3 Å². The second-order valence-electron chi connectivity index (χ2n) is 5.29. The van der Waals surface area contributed by atoms with E-state index in [1.165, 1.54) is 11.3 Å². The third kappa shape index (κ3) is 4.24. The van der Waals surface area contributed by atoms with Gasteiger partial charge in [0.25, 0.3) is 0 Å². The smallest absolute Gasteiger partial charge is 0.316 e. The predicted octanol–water partition coefficient (Wildman–Crippen LogP) is 3.38. The van der Waals surface area contributed by atoms with Crippen molar-refractivity contribution in [3.63, 3.8) is 0 Å². The van der Waals surface area contributed by atoms with Gasteiger partial charge in [0.15, 0.2) is 0 Å². The van der Waals surface area contributed by atoms with Crippen molar-refractivity contribution in [2.75, 3.05) is 10.6 Å². The molecule has 0 aliphatic rings. The summed E-state index contributed by atoms with van der Waals surface area (Å²) in [5.41, 5.74) is 6.81. The van der Waals surface area contributed by atoms with E-state index in [1.54, 1.807) is 31.2 Å². The first-order valence-electron chi connectivity index (χ1n) is 7.48. The van der Waals surface area contributed by atoms with Crippen LogP contribution in [0.1, 0.15) is 11.5 Å². The maximum Gasteiger partial charge on any atom is 0.316 e. The highest BCUT2D eigenvalue weighted by molar-refractivity contribution is 7.13. The maximum atomic E-state index is 12.2. The molecule has 3 rings (SSSR count). The summed E-state index contributed by atoms with van der Waals surface area (Å²) in [6, 6.07) is 9.85. The predicted molar refractivity (Wildman–Crippen MR) is 96.5 cm³/mol. The van der Waals surface area contributed by atoms with Gasteiger partial charge in [-0.15, -0.1) is 11.3 Å². The Morgan fingerprint density at radius 2 is 1.84 bits per heavy atom. The van der Waals surface area contributed by atoms with Gasteiger partial charge in [0.2, 0.25) is 11.8 Å². The van der Waals surface area contributed by atoms with Crippen LogP contribution in [-0.4, -0.2) is 16.9 Å². The van der Waals surface area contributed by atoms with Crippen LogP contribution in [0.15, 0.2) is 46.2 Å². The number of primary amides is 1. The Morgan fingerprint density at radius 1 is 1.16 bits per heavy atom. The van der Waals surface area contributed by atoms with Gasteiger partial charge in [-0.2, -0.15) is 0 Å². The number of benzene rings is 1. The molecule has 2 heterocycles. The number of thiophene rings is 1. The largest absolute Gasteiger partial charge is 0.440 e. The normalized spacial score (nSPS) is 10.4. The van der Waals surface area contributed by atoms with Crippen molar-refractivity contribution < 1.29 is 14.0 Å². The molecule has 0 spiro atoms. The number of nitrogens with two attached hydrogens (primary N) is 1. The Morgan fingerprint density at radius 3 is 2.44 bits per heavy atom. The van der Waals surface area contributed by atoms with Crippen molar-refractivity contribution in [3.8, 4) is 10.8 Å². The van der Waals surface area contributed by atoms with Crippen molar-refractivity contribution in [2.24, 2.45) is 5.73 Å². The molecule has 7 nitrogen and oxygen atoms in total. The Kier molecular flexibility index (Phi) is 4.80. The molecule has 128 valence electrons.